The summed E-state index contributed by atoms with van der Waals surface area (Å²) in [6.45, 7) is 2.05. The third kappa shape index (κ3) is 5.47. The van der Waals surface area contributed by atoms with Crippen LogP contribution in [0.15, 0.2) is 47.6 Å². The Morgan fingerprint density at radius 1 is 1.19 bits per heavy atom. The van der Waals surface area contributed by atoms with Gasteiger partial charge in [0.15, 0.2) is 11.0 Å². The third-order valence-electron chi connectivity index (χ3n) is 4.68. The van der Waals surface area contributed by atoms with Crippen molar-refractivity contribution in [1.29, 1.82) is 0 Å². The van der Waals surface area contributed by atoms with Crippen molar-refractivity contribution in [3.63, 3.8) is 0 Å². The highest BCUT2D eigenvalue weighted by atomic mass is 35.5. The Morgan fingerprint density at radius 2 is 1.97 bits per heavy atom. The topological polar surface area (TPSA) is 69.0 Å². The molecular formula is C21H19Cl3N4O2S. The molecule has 6 nitrogen and oxygen atoms in total. The first kappa shape index (κ1) is 22.3. The van der Waals surface area contributed by atoms with E-state index in [1.54, 1.807) is 24.3 Å². The summed E-state index contributed by atoms with van der Waals surface area (Å²) in [6.07, 6.45) is 2.09. The first-order valence-electron chi connectivity index (χ1n) is 9.66. The van der Waals surface area contributed by atoms with Crippen molar-refractivity contribution in [2.24, 2.45) is 0 Å². The van der Waals surface area contributed by atoms with Crippen molar-refractivity contribution in [3.8, 4) is 5.75 Å². The van der Waals surface area contributed by atoms with Gasteiger partial charge in [0.2, 0.25) is 5.91 Å². The molecule has 1 atom stereocenters. The van der Waals surface area contributed by atoms with Crippen molar-refractivity contribution in [2.75, 3.05) is 5.32 Å². The lowest BCUT2D eigenvalue weighted by atomic mass is 10.3. The van der Waals surface area contributed by atoms with E-state index >= 15 is 0 Å². The average molecular weight is 498 g/mol. The number of carbonyl (C=O) groups is 1. The van der Waals surface area contributed by atoms with Crippen LogP contribution in [-0.4, -0.2) is 25.9 Å². The zero-order chi connectivity index (χ0) is 22.0. The maximum absolute atomic E-state index is 12.7. The fraction of sp³-hybridized carbons (Fsp3) is 0.286. The Labute approximate surface area is 199 Å². The highest BCUT2D eigenvalue weighted by molar-refractivity contribution is 8.00. The number of rotatable bonds is 8. The van der Waals surface area contributed by atoms with Crippen LogP contribution >= 0.6 is 46.6 Å². The van der Waals surface area contributed by atoms with E-state index in [9.17, 15) is 4.79 Å². The second-order valence-corrected chi connectivity index (χ2v) is 9.65. The molecule has 31 heavy (non-hydrogen) atoms. The van der Waals surface area contributed by atoms with Crippen LogP contribution in [0.3, 0.4) is 0 Å². The SMILES string of the molecule is CC(Sc1nnc(COc2ccccc2Cl)n1C1CC1)C(=O)Nc1cc(Cl)ccc1Cl. The fourth-order valence-corrected chi connectivity index (χ4v) is 4.39. The predicted molar refractivity (Wildman–Crippen MR) is 124 cm³/mol. The number of nitrogens with zero attached hydrogens (tertiary/aromatic N) is 3. The van der Waals surface area contributed by atoms with E-state index < -0.39 is 5.25 Å². The van der Waals surface area contributed by atoms with Crippen LogP contribution in [-0.2, 0) is 11.4 Å². The number of ether oxygens (including phenoxy) is 1. The molecule has 0 spiro atoms. The molecule has 1 unspecified atom stereocenters. The fourth-order valence-electron chi connectivity index (χ4n) is 2.93. The number of hydrogen-bond acceptors (Lipinski definition) is 5. The van der Waals surface area contributed by atoms with Gasteiger partial charge in [0.25, 0.3) is 0 Å². The Hall–Kier alpha value is -1.93. The maximum atomic E-state index is 12.7. The number of hydrogen-bond donors (Lipinski definition) is 1. The summed E-state index contributed by atoms with van der Waals surface area (Å²) in [5.41, 5.74) is 0.476. The van der Waals surface area contributed by atoms with E-state index in [1.807, 2.05) is 25.1 Å². The lowest BCUT2D eigenvalue weighted by molar-refractivity contribution is -0.115. The van der Waals surface area contributed by atoms with E-state index in [-0.39, 0.29) is 12.5 Å². The number of anilines is 1. The molecule has 0 radical (unpaired) electrons. The second-order valence-electron chi connectivity index (χ2n) is 7.09. The molecule has 10 heteroatoms. The average Bonchev–Trinajstić information content (AvgIpc) is 3.51. The first-order chi connectivity index (χ1) is 14.9. The van der Waals surface area contributed by atoms with Crippen LogP contribution in [0.5, 0.6) is 5.75 Å². The second kappa shape index (κ2) is 9.69. The predicted octanol–water partition coefficient (Wildman–Crippen LogP) is 6.27. The van der Waals surface area contributed by atoms with E-state index in [1.165, 1.54) is 11.8 Å². The van der Waals surface area contributed by atoms with Crippen molar-refractivity contribution < 1.29 is 9.53 Å². The van der Waals surface area contributed by atoms with Crippen molar-refractivity contribution >= 4 is 58.2 Å². The normalized spacial score (nSPS) is 14.3. The molecule has 1 N–H and O–H groups in total. The molecule has 0 aliphatic heterocycles. The van der Waals surface area contributed by atoms with E-state index in [0.717, 1.165) is 12.8 Å². The molecule has 1 fully saturated rings. The lowest BCUT2D eigenvalue weighted by Gasteiger charge is -2.14. The number of halogens is 3. The monoisotopic (exact) mass is 496 g/mol. The standard InChI is InChI=1S/C21H19Cl3N4O2S/c1-12(20(29)25-17-10-13(22)6-9-15(17)23)31-21-27-26-19(28(21)14-7-8-14)11-30-18-5-3-2-4-16(18)24/h2-6,9-10,12,14H,7-8,11H2,1H3,(H,25,29). The number of carbonyl (C=O) groups excluding carboxylic acids is 1. The molecule has 1 aromatic heterocycles. The lowest BCUT2D eigenvalue weighted by Crippen LogP contribution is -2.23. The largest absolute Gasteiger partial charge is 0.484 e. The van der Waals surface area contributed by atoms with Crippen LogP contribution in [0, 0.1) is 0 Å². The van der Waals surface area contributed by atoms with Gasteiger partial charge in [-0.3, -0.25) is 9.36 Å². The molecule has 2 aromatic carbocycles. The number of para-hydroxylation sites is 1. The summed E-state index contributed by atoms with van der Waals surface area (Å²) in [4.78, 5) is 12.7. The van der Waals surface area contributed by atoms with E-state index in [4.69, 9.17) is 39.5 Å². The molecule has 1 aliphatic carbocycles. The molecule has 1 aliphatic rings. The molecule has 1 amide bonds. The highest BCUT2D eigenvalue weighted by Crippen LogP contribution is 2.40. The van der Waals surface area contributed by atoms with Gasteiger partial charge in [-0.25, -0.2) is 0 Å². The molecule has 4 rings (SSSR count). The summed E-state index contributed by atoms with van der Waals surface area (Å²) in [5, 5.41) is 13.2. The van der Waals surface area contributed by atoms with Gasteiger partial charge in [-0.1, -0.05) is 58.7 Å². The number of thioether (sulfide) groups is 1. The van der Waals surface area contributed by atoms with Crippen LogP contribution < -0.4 is 10.1 Å². The number of aromatic nitrogens is 3. The maximum Gasteiger partial charge on any atom is 0.237 e. The Bertz CT molecular complexity index is 1100. The zero-order valence-electron chi connectivity index (χ0n) is 16.5. The van der Waals surface area contributed by atoms with Gasteiger partial charge in [-0.05, 0) is 50.1 Å². The summed E-state index contributed by atoms with van der Waals surface area (Å²) >= 11 is 19.7. The zero-order valence-corrected chi connectivity index (χ0v) is 19.6. The summed E-state index contributed by atoms with van der Waals surface area (Å²) in [6, 6.07) is 12.5. The molecule has 0 bridgehead atoms. The van der Waals surface area contributed by atoms with Crippen LogP contribution in [0.25, 0.3) is 0 Å². The minimum absolute atomic E-state index is 0.201. The number of benzene rings is 2. The Kier molecular flexibility index (Phi) is 6.96. The van der Waals surface area contributed by atoms with Gasteiger partial charge in [0.05, 0.1) is 21.0 Å². The summed E-state index contributed by atoms with van der Waals surface area (Å²) < 4.78 is 7.89. The Balaban J connectivity index is 1.45. The molecule has 1 saturated carbocycles. The minimum Gasteiger partial charge on any atom is -0.484 e. The van der Waals surface area contributed by atoms with Gasteiger partial charge >= 0.3 is 0 Å². The first-order valence-corrected chi connectivity index (χ1v) is 11.7. The van der Waals surface area contributed by atoms with Gasteiger partial charge in [0.1, 0.15) is 12.4 Å². The van der Waals surface area contributed by atoms with E-state index in [0.29, 0.717) is 43.5 Å². The van der Waals surface area contributed by atoms with Crippen molar-refractivity contribution in [3.05, 3.63) is 63.4 Å². The summed E-state index contributed by atoms with van der Waals surface area (Å²) in [7, 11) is 0. The van der Waals surface area contributed by atoms with Gasteiger partial charge in [0, 0.05) is 11.1 Å². The minimum atomic E-state index is -0.422. The van der Waals surface area contributed by atoms with Gasteiger partial charge in [-0.2, -0.15) is 0 Å². The quantitative estimate of drug-likeness (QED) is 0.371. The van der Waals surface area contributed by atoms with E-state index in [2.05, 4.69) is 20.1 Å². The molecule has 3 aromatic rings. The van der Waals surface area contributed by atoms with Crippen LogP contribution in [0.2, 0.25) is 15.1 Å². The van der Waals surface area contributed by atoms with Crippen LogP contribution in [0.1, 0.15) is 31.6 Å². The summed E-state index contributed by atoms with van der Waals surface area (Å²) in [5.74, 6) is 1.10. The third-order valence-corrected chi connectivity index (χ3v) is 6.61. The number of amides is 1. The Morgan fingerprint density at radius 3 is 2.71 bits per heavy atom. The molecule has 162 valence electrons. The molecule has 0 saturated heterocycles. The highest BCUT2D eigenvalue weighted by Gasteiger charge is 2.31. The van der Waals surface area contributed by atoms with Crippen LogP contribution in [0.4, 0.5) is 5.69 Å². The van der Waals surface area contributed by atoms with Gasteiger partial charge < -0.3 is 10.1 Å². The van der Waals surface area contributed by atoms with Crippen molar-refractivity contribution in [1.82, 2.24) is 14.8 Å². The molecular weight excluding hydrogens is 479 g/mol. The van der Waals surface area contributed by atoms with Crippen molar-refractivity contribution in [2.45, 2.75) is 42.8 Å². The van der Waals surface area contributed by atoms with Gasteiger partial charge in [-0.15, -0.1) is 10.2 Å². The molecule has 1 heterocycles. The smallest absolute Gasteiger partial charge is 0.237 e. The number of nitrogens with one attached hydrogen (secondary N) is 1.